The molecule has 2 aromatic heterocycles. The van der Waals surface area contributed by atoms with Crippen LogP contribution in [0.15, 0.2) is 117 Å². The van der Waals surface area contributed by atoms with Crippen LogP contribution in [0.4, 0.5) is 5.69 Å². The number of benzene rings is 3. The number of aryl methyl sites for hydroxylation is 2. The van der Waals surface area contributed by atoms with Gasteiger partial charge in [-0.2, -0.15) is 0 Å². The fourth-order valence-corrected chi connectivity index (χ4v) is 8.16. The van der Waals surface area contributed by atoms with Crippen molar-refractivity contribution >= 4 is 25.4 Å². The molecular formula is C41H40N5O16P. The molecular weight excluding hydrogens is 849 g/mol. The van der Waals surface area contributed by atoms with Crippen LogP contribution < -0.4 is 22.5 Å². The maximum atomic E-state index is 14.9. The van der Waals surface area contributed by atoms with E-state index in [9.17, 15) is 43.4 Å². The van der Waals surface area contributed by atoms with Gasteiger partial charge in [0.05, 0.1) is 29.3 Å². The van der Waals surface area contributed by atoms with Crippen LogP contribution in [0.25, 0.3) is 0 Å². The Morgan fingerprint density at radius 1 is 0.730 bits per heavy atom. The molecule has 0 aliphatic carbocycles. The molecule has 2 aliphatic heterocycles. The molecule has 21 nitrogen and oxygen atoms in total. The first-order valence-electron chi connectivity index (χ1n) is 19.4. The lowest BCUT2D eigenvalue weighted by Crippen LogP contribution is -2.34. The van der Waals surface area contributed by atoms with Crippen molar-refractivity contribution in [2.45, 2.75) is 70.2 Å². The van der Waals surface area contributed by atoms with E-state index in [-0.39, 0.29) is 40.8 Å². The first-order valence-corrected chi connectivity index (χ1v) is 20.9. The molecule has 0 saturated carbocycles. The Bertz CT molecular complexity index is 2760. The van der Waals surface area contributed by atoms with E-state index in [1.807, 2.05) is 0 Å². The third-order valence-corrected chi connectivity index (χ3v) is 11.6. The number of aromatic nitrogens is 4. The van der Waals surface area contributed by atoms with Crippen molar-refractivity contribution in [3.05, 3.63) is 177 Å². The fraction of sp³-hybridized carbons (Fsp3) is 0.317. The molecule has 330 valence electrons. The van der Waals surface area contributed by atoms with Gasteiger partial charge in [-0.15, -0.1) is 0 Å². The van der Waals surface area contributed by atoms with Crippen LogP contribution >= 0.6 is 7.82 Å². The molecule has 0 radical (unpaired) electrons. The molecule has 5 aromatic rings. The highest BCUT2D eigenvalue weighted by atomic mass is 31.2. The topological polar surface area (TPSA) is 269 Å². The number of carbonyl (C=O) groups excluding carboxylic acids is 2. The van der Waals surface area contributed by atoms with Gasteiger partial charge in [-0.05, 0) is 55.8 Å². The predicted octanol–water partition coefficient (Wildman–Crippen LogP) is 4.00. The highest BCUT2D eigenvalue weighted by molar-refractivity contribution is 7.48. The highest BCUT2D eigenvalue weighted by Gasteiger charge is 2.46. The number of nitro groups is 1. The smallest absolute Gasteiger partial charge is 0.459 e. The monoisotopic (exact) mass is 889 g/mol. The number of non-ortho nitro benzene ring substituents is 1. The summed E-state index contributed by atoms with van der Waals surface area (Å²) in [6.45, 7) is 1.34. The minimum atomic E-state index is -4.88. The summed E-state index contributed by atoms with van der Waals surface area (Å²) in [6.07, 6.45) is -4.94. The normalized spacial score (nSPS) is 21.7. The van der Waals surface area contributed by atoms with Gasteiger partial charge in [-0.1, -0.05) is 36.4 Å². The molecule has 63 heavy (non-hydrogen) atoms. The number of phosphoric acid groups is 1. The maximum absolute atomic E-state index is 14.9. The number of hydrogen-bond acceptors (Lipinski definition) is 16. The van der Waals surface area contributed by atoms with E-state index in [1.165, 1.54) is 74.8 Å². The first-order chi connectivity index (χ1) is 30.2. The van der Waals surface area contributed by atoms with Crippen LogP contribution in [-0.4, -0.2) is 73.6 Å². The van der Waals surface area contributed by atoms with Crippen molar-refractivity contribution in [1.82, 2.24) is 19.1 Å². The third kappa shape index (κ3) is 10.7. The minimum absolute atomic E-state index is 0.118. The number of aromatic amines is 2. The lowest BCUT2D eigenvalue weighted by atomic mass is 10.1. The predicted molar refractivity (Wildman–Crippen MR) is 218 cm³/mol. The molecule has 0 amide bonds. The standard InChI is InChI=1S/C41H40N5O16P/c1-24-19-44(40(51)42-36(24)47)34-17-30(61-39(50)28-11-7-4-8-12-28)33(60-34)23-58-63(55,57-21-26-13-15-29(16-14-26)46(53)54)62-31-18-35(45-20-25(2)37(48)43-41(45)52)59-32(31)22-56-38(49)27-9-5-3-6-10-27/h3-16,19-20,30-35H,17-18,21-23H2,1-2H3,(H,42,47,51)(H,43,48,52)/t30-,31-,32+,33+,34+,35+,63?/m0/s1. The molecule has 7 rings (SSSR count). The Hall–Kier alpha value is -6.61. The van der Waals surface area contributed by atoms with Gasteiger partial charge in [0.25, 0.3) is 16.8 Å². The van der Waals surface area contributed by atoms with Gasteiger partial charge in [-0.3, -0.25) is 52.4 Å². The maximum Gasteiger partial charge on any atom is 0.475 e. The van der Waals surface area contributed by atoms with E-state index in [2.05, 4.69) is 9.97 Å². The van der Waals surface area contributed by atoms with E-state index < -0.39 is 104 Å². The van der Waals surface area contributed by atoms with Crippen molar-refractivity contribution in [1.29, 1.82) is 0 Å². The quantitative estimate of drug-likeness (QED) is 0.0613. The molecule has 7 atom stereocenters. The molecule has 2 N–H and O–H groups in total. The van der Waals surface area contributed by atoms with Crippen LogP contribution in [0.2, 0.25) is 0 Å². The van der Waals surface area contributed by atoms with Gasteiger partial charge < -0.3 is 18.9 Å². The van der Waals surface area contributed by atoms with Crippen LogP contribution in [0.3, 0.4) is 0 Å². The molecule has 3 aromatic carbocycles. The second kappa shape index (κ2) is 19.2. The zero-order valence-corrected chi connectivity index (χ0v) is 34.5. The molecule has 1 unspecified atom stereocenters. The summed E-state index contributed by atoms with van der Waals surface area (Å²) in [6, 6.07) is 21.2. The number of carbonyl (C=O) groups is 2. The summed E-state index contributed by atoms with van der Waals surface area (Å²) < 4.78 is 58.7. The average molecular weight is 890 g/mol. The molecule has 4 heterocycles. The van der Waals surface area contributed by atoms with Crippen LogP contribution in [0.1, 0.15) is 62.7 Å². The van der Waals surface area contributed by atoms with E-state index in [0.717, 1.165) is 9.13 Å². The van der Waals surface area contributed by atoms with E-state index >= 15 is 0 Å². The number of nitro benzene ring substituents is 1. The molecule has 2 fully saturated rings. The lowest BCUT2D eigenvalue weighted by Gasteiger charge is -2.26. The average Bonchev–Trinajstić information content (AvgIpc) is 3.87. The van der Waals surface area contributed by atoms with E-state index in [4.69, 9.17) is 32.5 Å². The highest BCUT2D eigenvalue weighted by Crippen LogP contribution is 2.54. The number of nitrogens with one attached hydrogen (secondary N) is 2. The van der Waals surface area contributed by atoms with Gasteiger partial charge in [-0.25, -0.2) is 23.7 Å². The second-order valence-corrected chi connectivity index (χ2v) is 16.2. The summed E-state index contributed by atoms with van der Waals surface area (Å²) in [5.74, 6) is -1.48. The number of H-pyrrole nitrogens is 2. The zero-order chi connectivity index (χ0) is 44.8. The summed E-state index contributed by atoms with van der Waals surface area (Å²) in [5, 5.41) is 11.3. The molecule has 22 heteroatoms. The lowest BCUT2D eigenvalue weighted by molar-refractivity contribution is -0.384. The van der Waals surface area contributed by atoms with Crippen LogP contribution in [-0.2, 0) is 43.7 Å². The largest absolute Gasteiger partial charge is 0.475 e. The van der Waals surface area contributed by atoms with E-state index in [1.54, 1.807) is 36.4 Å². The number of esters is 2. The molecule has 2 aliphatic rings. The summed E-state index contributed by atoms with van der Waals surface area (Å²) in [7, 11) is -4.88. The van der Waals surface area contributed by atoms with Crippen molar-refractivity contribution in [3.63, 3.8) is 0 Å². The molecule has 0 bridgehead atoms. The van der Waals surface area contributed by atoms with Crippen molar-refractivity contribution in [2.24, 2.45) is 0 Å². The fourth-order valence-electron chi connectivity index (χ4n) is 6.77. The van der Waals surface area contributed by atoms with Crippen molar-refractivity contribution in [3.8, 4) is 0 Å². The summed E-state index contributed by atoms with van der Waals surface area (Å²) >= 11 is 0. The van der Waals surface area contributed by atoms with Gasteiger partial charge in [0.1, 0.15) is 43.5 Å². The van der Waals surface area contributed by atoms with E-state index in [0.29, 0.717) is 5.56 Å². The summed E-state index contributed by atoms with van der Waals surface area (Å²) in [4.78, 5) is 91.6. The molecule has 2 saturated heterocycles. The Kier molecular flexibility index (Phi) is 13.5. The van der Waals surface area contributed by atoms with Gasteiger partial charge in [0, 0.05) is 48.5 Å². The second-order valence-electron chi connectivity index (χ2n) is 14.5. The van der Waals surface area contributed by atoms with Gasteiger partial charge in [0.15, 0.2) is 0 Å². The Labute approximate surface area is 355 Å². The van der Waals surface area contributed by atoms with Crippen LogP contribution in [0, 0.1) is 24.0 Å². The zero-order valence-electron chi connectivity index (χ0n) is 33.6. The Morgan fingerprint density at radius 2 is 1.24 bits per heavy atom. The summed E-state index contributed by atoms with van der Waals surface area (Å²) in [5.41, 5.74) is -2.00. The van der Waals surface area contributed by atoms with Gasteiger partial charge in [0.2, 0.25) is 0 Å². The Balaban J connectivity index is 1.18. The number of hydrogen-bond donors (Lipinski definition) is 2. The first kappa shape index (κ1) is 44.4. The number of nitrogens with zero attached hydrogens (tertiary/aromatic N) is 3. The van der Waals surface area contributed by atoms with Gasteiger partial charge >= 0.3 is 31.1 Å². The Morgan fingerprint density at radius 3 is 1.78 bits per heavy atom. The van der Waals surface area contributed by atoms with Crippen molar-refractivity contribution < 1.29 is 51.6 Å². The number of ether oxygens (including phenoxy) is 4. The van der Waals surface area contributed by atoms with Crippen molar-refractivity contribution in [2.75, 3.05) is 13.2 Å². The van der Waals surface area contributed by atoms with Crippen LogP contribution in [0.5, 0.6) is 0 Å². The SMILES string of the molecule is Cc1cn([C@H]2C[C@H](OC(=O)c3ccccc3)[C@@H](COP(=O)(OCc3ccc([N+](=O)[O-])cc3)O[C@H]3C[C@H](n4cc(C)c(=O)[nH]c4=O)O[C@@H]3COC(=O)c3ccccc3)O2)c(=O)[nH]c1=O. The number of rotatable bonds is 16. The molecule has 0 spiro atoms. The minimum Gasteiger partial charge on any atom is -0.459 e. The third-order valence-electron chi connectivity index (χ3n) is 10.1. The number of phosphoric ester groups is 1.